The van der Waals surface area contributed by atoms with Crippen LogP contribution < -0.4 is 10.1 Å². The van der Waals surface area contributed by atoms with Crippen molar-refractivity contribution in [2.75, 3.05) is 13.1 Å². The van der Waals surface area contributed by atoms with Gasteiger partial charge in [-0.2, -0.15) is 0 Å². The maximum absolute atomic E-state index is 12.9. The highest BCUT2D eigenvalue weighted by atomic mass is 16.5. The molecule has 2 aliphatic carbocycles. The Bertz CT molecular complexity index is 948. The minimum absolute atomic E-state index is 0.137. The van der Waals surface area contributed by atoms with Crippen molar-refractivity contribution in [1.82, 2.24) is 15.1 Å². The number of ether oxygens (including phenoxy) is 1. The Hall–Kier alpha value is -2.41. The highest BCUT2D eigenvalue weighted by molar-refractivity contribution is 6.05. The van der Waals surface area contributed by atoms with E-state index in [0.29, 0.717) is 30.0 Å². The number of rotatable bonds is 4. The van der Waals surface area contributed by atoms with Crippen LogP contribution in [0.4, 0.5) is 0 Å². The Balaban J connectivity index is 1.16. The number of nitrogens with zero attached hydrogens (tertiary/aromatic N) is 2. The molecule has 1 aromatic rings. The van der Waals surface area contributed by atoms with Crippen LogP contribution in [0.25, 0.3) is 0 Å². The zero-order valence-electron chi connectivity index (χ0n) is 17.8. The summed E-state index contributed by atoms with van der Waals surface area (Å²) < 4.78 is 6.49. The van der Waals surface area contributed by atoms with Gasteiger partial charge in [-0.1, -0.05) is 6.42 Å². The number of carbonyl (C=O) groups is 3. The topological polar surface area (TPSA) is 79.0 Å². The molecule has 3 amide bonds. The molecule has 0 bridgehead atoms. The van der Waals surface area contributed by atoms with E-state index in [1.165, 1.54) is 45.2 Å². The number of hydrogen-bond acceptors (Lipinski definition) is 5. The number of likely N-dealkylation sites (tertiary alicyclic amines) is 1. The van der Waals surface area contributed by atoms with Gasteiger partial charge in [-0.25, -0.2) is 0 Å². The predicted molar refractivity (Wildman–Crippen MR) is 112 cm³/mol. The number of nitrogens with one attached hydrogen (secondary N) is 1. The average Bonchev–Trinajstić information content (AvgIpc) is 3.47. The molecule has 1 unspecified atom stereocenters. The first kappa shape index (κ1) is 19.3. The van der Waals surface area contributed by atoms with Crippen LogP contribution in [0.2, 0.25) is 0 Å². The quantitative estimate of drug-likeness (QED) is 0.752. The number of fused-ring (bicyclic) bond motifs is 1. The second-order valence-electron chi connectivity index (χ2n) is 10.1. The van der Waals surface area contributed by atoms with Crippen molar-refractivity contribution in [3.63, 3.8) is 0 Å². The summed E-state index contributed by atoms with van der Waals surface area (Å²) in [5, 5.41) is 2.35. The SMILES string of the molecule is O=C1CCC(N2Cc3cc(O[C@@H]4CCCC[C@H]4N4CC5(CC5)C4)ccc3C2=O)C(=O)N1. The Morgan fingerprint density at radius 3 is 2.61 bits per heavy atom. The van der Waals surface area contributed by atoms with Crippen molar-refractivity contribution in [1.29, 1.82) is 0 Å². The third-order valence-electron chi connectivity index (χ3n) is 7.95. The van der Waals surface area contributed by atoms with Gasteiger partial charge in [0.05, 0.1) is 0 Å². The Morgan fingerprint density at radius 2 is 1.84 bits per heavy atom. The second-order valence-corrected chi connectivity index (χ2v) is 10.1. The van der Waals surface area contributed by atoms with Gasteiger partial charge in [0.1, 0.15) is 17.9 Å². The maximum Gasteiger partial charge on any atom is 0.255 e. The predicted octanol–water partition coefficient (Wildman–Crippen LogP) is 2.23. The molecule has 31 heavy (non-hydrogen) atoms. The molecule has 2 saturated heterocycles. The molecule has 2 saturated carbocycles. The lowest BCUT2D eigenvalue weighted by Gasteiger charge is -2.49. The fourth-order valence-corrected chi connectivity index (χ4v) is 5.97. The van der Waals surface area contributed by atoms with Crippen molar-refractivity contribution in [2.24, 2.45) is 5.41 Å². The first-order valence-corrected chi connectivity index (χ1v) is 11.7. The second kappa shape index (κ2) is 7.05. The number of amides is 3. The number of piperidine rings is 1. The zero-order valence-corrected chi connectivity index (χ0v) is 17.8. The molecule has 3 atom stereocenters. The van der Waals surface area contributed by atoms with E-state index in [-0.39, 0.29) is 30.2 Å². The molecular formula is C24H29N3O4. The van der Waals surface area contributed by atoms with Crippen LogP contribution >= 0.6 is 0 Å². The fourth-order valence-electron chi connectivity index (χ4n) is 5.97. The van der Waals surface area contributed by atoms with Crippen LogP contribution in [0.3, 0.4) is 0 Å². The van der Waals surface area contributed by atoms with E-state index >= 15 is 0 Å². The third-order valence-corrected chi connectivity index (χ3v) is 7.95. The van der Waals surface area contributed by atoms with Gasteiger partial charge in [0.2, 0.25) is 11.8 Å². The van der Waals surface area contributed by atoms with Crippen LogP contribution in [-0.4, -0.2) is 58.8 Å². The van der Waals surface area contributed by atoms with E-state index in [1.807, 2.05) is 18.2 Å². The van der Waals surface area contributed by atoms with Crippen molar-refractivity contribution in [2.45, 2.75) is 76.1 Å². The maximum atomic E-state index is 12.9. The third kappa shape index (κ3) is 3.34. The van der Waals surface area contributed by atoms with Gasteiger partial charge in [0.15, 0.2) is 0 Å². The Labute approximate surface area is 182 Å². The van der Waals surface area contributed by atoms with Crippen molar-refractivity contribution >= 4 is 17.7 Å². The van der Waals surface area contributed by atoms with E-state index in [2.05, 4.69) is 10.2 Å². The minimum atomic E-state index is -0.578. The van der Waals surface area contributed by atoms with E-state index in [0.717, 1.165) is 17.7 Å². The lowest BCUT2D eigenvalue weighted by Crippen LogP contribution is -2.59. The minimum Gasteiger partial charge on any atom is -0.489 e. The Morgan fingerprint density at radius 1 is 1.03 bits per heavy atom. The number of imide groups is 1. The van der Waals surface area contributed by atoms with Gasteiger partial charge in [-0.3, -0.25) is 24.6 Å². The van der Waals surface area contributed by atoms with Gasteiger partial charge in [0.25, 0.3) is 5.91 Å². The highest BCUT2D eigenvalue weighted by Crippen LogP contribution is 2.54. The summed E-state index contributed by atoms with van der Waals surface area (Å²) in [7, 11) is 0. The van der Waals surface area contributed by atoms with Gasteiger partial charge < -0.3 is 9.64 Å². The molecule has 6 rings (SSSR count). The van der Waals surface area contributed by atoms with Crippen LogP contribution in [0.5, 0.6) is 5.75 Å². The molecule has 3 aliphatic heterocycles. The van der Waals surface area contributed by atoms with Crippen molar-refractivity contribution in [3.05, 3.63) is 29.3 Å². The normalized spacial score (nSPS) is 31.9. The molecule has 0 aromatic heterocycles. The molecule has 5 aliphatic rings. The smallest absolute Gasteiger partial charge is 0.255 e. The largest absolute Gasteiger partial charge is 0.489 e. The summed E-state index contributed by atoms with van der Waals surface area (Å²) in [6.07, 6.45) is 8.39. The van der Waals surface area contributed by atoms with E-state index in [4.69, 9.17) is 4.74 Å². The highest BCUT2D eigenvalue weighted by Gasteiger charge is 2.55. The summed E-state index contributed by atoms with van der Waals surface area (Å²) in [6, 6.07) is 5.62. The van der Waals surface area contributed by atoms with Gasteiger partial charge in [0, 0.05) is 37.7 Å². The van der Waals surface area contributed by atoms with Crippen LogP contribution in [-0.2, 0) is 16.1 Å². The van der Waals surface area contributed by atoms with E-state index in [1.54, 1.807) is 4.90 Å². The molecule has 4 fully saturated rings. The first-order chi connectivity index (χ1) is 15.0. The molecule has 1 N–H and O–H groups in total. The number of benzene rings is 1. The summed E-state index contributed by atoms with van der Waals surface area (Å²) in [5.74, 6) is 0.0389. The first-order valence-electron chi connectivity index (χ1n) is 11.7. The van der Waals surface area contributed by atoms with Gasteiger partial charge in [-0.05, 0) is 67.7 Å². The molecule has 3 heterocycles. The molecular weight excluding hydrogens is 394 g/mol. The van der Waals surface area contributed by atoms with E-state index in [9.17, 15) is 14.4 Å². The Kier molecular flexibility index (Phi) is 4.39. The molecule has 1 spiro atoms. The standard InChI is InChI=1S/C24H29N3O4/c28-21-8-7-19(22(29)25-21)27-12-15-11-16(5-6-17(15)23(27)30)31-20-4-2-1-3-18(20)26-13-24(14-26)9-10-24/h5-6,11,18-20H,1-4,7-10,12-14H2,(H,25,28,29)/t18-,19?,20-/m1/s1. The van der Waals surface area contributed by atoms with Crippen molar-refractivity contribution in [3.8, 4) is 5.75 Å². The monoisotopic (exact) mass is 423 g/mol. The molecule has 7 nitrogen and oxygen atoms in total. The van der Waals surface area contributed by atoms with Crippen molar-refractivity contribution < 1.29 is 19.1 Å². The molecule has 164 valence electrons. The lowest BCUT2D eigenvalue weighted by molar-refractivity contribution is -0.136. The summed E-state index contributed by atoms with van der Waals surface area (Å²) >= 11 is 0. The van der Waals surface area contributed by atoms with Gasteiger partial charge >= 0.3 is 0 Å². The lowest BCUT2D eigenvalue weighted by atomic mass is 9.85. The number of carbonyl (C=O) groups excluding carboxylic acids is 3. The molecule has 0 radical (unpaired) electrons. The van der Waals surface area contributed by atoms with Crippen LogP contribution in [0, 0.1) is 5.41 Å². The summed E-state index contributed by atoms with van der Waals surface area (Å²) in [6.45, 7) is 2.86. The summed E-state index contributed by atoms with van der Waals surface area (Å²) in [5.41, 5.74) is 2.19. The van der Waals surface area contributed by atoms with E-state index < -0.39 is 6.04 Å². The van der Waals surface area contributed by atoms with Crippen LogP contribution in [0.1, 0.15) is 67.3 Å². The van der Waals surface area contributed by atoms with Gasteiger partial charge in [-0.15, -0.1) is 0 Å². The fraction of sp³-hybridized carbons (Fsp3) is 0.625. The zero-order chi connectivity index (χ0) is 21.2. The molecule has 7 heteroatoms. The number of hydrogen-bond donors (Lipinski definition) is 1. The molecule has 1 aromatic carbocycles. The average molecular weight is 424 g/mol. The summed E-state index contributed by atoms with van der Waals surface area (Å²) in [4.78, 5) is 40.8. The van der Waals surface area contributed by atoms with Crippen LogP contribution in [0.15, 0.2) is 18.2 Å².